The van der Waals surface area contributed by atoms with E-state index >= 15 is 0 Å². The van der Waals surface area contributed by atoms with Gasteiger partial charge in [-0.15, -0.1) is 0 Å². The molecule has 0 rings (SSSR count). The summed E-state index contributed by atoms with van der Waals surface area (Å²) in [5.74, 6) is -0.333. The van der Waals surface area contributed by atoms with Crippen molar-refractivity contribution in [2.24, 2.45) is 5.73 Å². The first-order chi connectivity index (χ1) is 1.73. The van der Waals surface area contributed by atoms with E-state index in [9.17, 15) is 0 Å². The van der Waals surface area contributed by atoms with Crippen molar-refractivity contribution in [2.75, 3.05) is 0 Å². The zero-order valence-electron chi connectivity index (χ0n) is 2.23. The van der Waals surface area contributed by atoms with Gasteiger partial charge >= 0.3 is 29.6 Å². The van der Waals surface area contributed by atoms with E-state index in [1.165, 1.54) is 0 Å². The van der Waals surface area contributed by atoms with Crippen molar-refractivity contribution in [3.8, 4) is 0 Å². The molecule has 26 valence electrons. The maximum atomic E-state index is 7.64. The third-order valence-electron chi connectivity index (χ3n) is 0. The third kappa shape index (κ3) is 206. The Morgan fingerprint density at radius 3 is 1.80 bits per heavy atom. The van der Waals surface area contributed by atoms with Crippen LogP contribution in [0.25, 0.3) is 0 Å². The van der Waals surface area contributed by atoms with Crippen LogP contribution >= 0.6 is 0 Å². The second kappa shape index (κ2) is 4.34. The van der Waals surface area contributed by atoms with Crippen LogP contribution in [0.1, 0.15) is 0 Å². The van der Waals surface area contributed by atoms with E-state index < -0.39 is 0 Å². The fourth-order valence-corrected chi connectivity index (χ4v) is 0. The molecule has 0 spiro atoms. The van der Waals surface area contributed by atoms with Gasteiger partial charge in [-0.25, -0.2) is 0 Å². The Morgan fingerprint density at radius 2 is 1.80 bits per heavy atom. The van der Waals surface area contributed by atoms with Gasteiger partial charge in [0.1, 0.15) is 0 Å². The first-order valence-electron chi connectivity index (χ1n) is 0.866. The van der Waals surface area contributed by atoms with Crippen molar-refractivity contribution in [3.63, 3.8) is 0 Å². The minimum absolute atomic E-state index is 0. The van der Waals surface area contributed by atoms with E-state index in [1.807, 2.05) is 0 Å². The van der Waals surface area contributed by atoms with Crippen LogP contribution in [0.3, 0.4) is 0 Å². The van der Waals surface area contributed by atoms with E-state index in [0.717, 1.165) is 0 Å². The molecule has 3 N–H and O–H groups in total. The van der Waals surface area contributed by atoms with Gasteiger partial charge in [-0.3, -0.25) is 0 Å². The van der Waals surface area contributed by atoms with Crippen LogP contribution in [-0.4, -0.2) is 34.7 Å². The molecule has 0 saturated heterocycles. The van der Waals surface area contributed by atoms with Gasteiger partial charge in [0.15, 0.2) is 5.88 Å². The topological polar surface area (TPSA) is 46.2 Å². The van der Waals surface area contributed by atoms with E-state index in [4.69, 9.17) is 5.11 Å². The summed E-state index contributed by atoms with van der Waals surface area (Å²) in [6.45, 7) is 2.89. The average Bonchev–Trinajstić information content (AvgIpc) is 0.811. The molecule has 3 heteroatoms. The summed E-state index contributed by atoms with van der Waals surface area (Å²) >= 11 is 0. The van der Waals surface area contributed by atoms with Crippen molar-refractivity contribution < 1.29 is 5.11 Å². The fraction of sp³-hybridized carbons (Fsp3) is 0. The number of aliphatic hydroxyl groups excluding tert-OH is 1. The fourth-order valence-electron chi connectivity index (χ4n) is 0. The predicted molar refractivity (Wildman–Crippen MR) is 23.1 cm³/mol. The van der Waals surface area contributed by atoms with Crippen LogP contribution in [0, 0.1) is 0 Å². The summed E-state index contributed by atoms with van der Waals surface area (Å²) in [5.41, 5.74) is 4.47. The molecule has 5 heavy (non-hydrogen) atoms. The van der Waals surface area contributed by atoms with Crippen molar-refractivity contribution in [3.05, 3.63) is 12.5 Å². The summed E-state index contributed by atoms with van der Waals surface area (Å²) in [4.78, 5) is 0. The van der Waals surface area contributed by atoms with Crippen LogP contribution < -0.4 is 5.73 Å². The number of hydrogen-bond acceptors (Lipinski definition) is 2. The molecule has 0 aromatic heterocycles. The average molecular weight is 83.1 g/mol. The Balaban J connectivity index is 0. The number of aliphatic hydroxyl groups is 1. The van der Waals surface area contributed by atoms with Gasteiger partial charge < -0.3 is 10.8 Å². The maximum absolute atomic E-state index is 7.64. The quantitative estimate of drug-likeness (QED) is 0.301. The molecule has 0 radical (unpaired) electrons. The van der Waals surface area contributed by atoms with Gasteiger partial charge in [0.05, 0.1) is 0 Å². The Kier molecular flexibility index (Phi) is 7.83. The van der Waals surface area contributed by atoms with E-state index in [0.29, 0.717) is 0 Å². The van der Waals surface area contributed by atoms with Crippen LogP contribution in [-0.2, 0) is 0 Å². The molecule has 0 aliphatic heterocycles. The molecule has 0 heterocycles. The Hall–Kier alpha value is 0.340. The number of rotatable bonds is 0. The molecule has 0 aromatic rings. The summed E-state index contributed by atoms with van der Waals surface area (Å²) in [5, 5.41) is 7.64. The van der Waals surface area contributed by atoms with Crippen LogP contribution in [0.5, 0.6) is 0 Å². The van der Waals surface area contributed by atoms with E-state index in [-0.39, 0.29) is 35.4 Å². The van der Waals surface area contributed by atoms with Gasteiger partial charge in [-0.1, -0.05) is 0 Å². The van der Waals surface area contributed by atoms with Crippen molar-refractivity contribution in [2.45, 2.75) is 0 Å². The second-order valence-electron chi connectivity index (χ2n) is 0.491. The Labute approximate surface area is 53.0 Å². The van der Waals surface area contributed by atoms with Gasteiger partial charge in [-0.05, 0) is 6.58 Å². The molecular weight excluding hydrogens is 77.0 g/mol. The van der Waals surface area contributed by atoms with Crippen molar-refractivity contribution in [1.29, 1.82) is 0 Å². The molecule has 0 aliphatic carbocycles. The zero-order chi connectivity index (χ0) is 3.58. The van der Waals surface area contributed by atoms with E-state index in [2.05, 4.69) is 12.3 Å². The molecule has 0 atom stereocenters. The van der Waals surface area contributed by atoms with E-state index in [1.54, 1.807) is 0 Å². The molecule has 0 unspecified atom stereocenters. The molecule has 0 bridgehead atoms. The summed E-state index contributed by atoms with van der Waals surface area (Å²) in [6.07, 6.45) is 0. The van der Waals surface area contributed by atoms with Crippen LogP contribution in [0.15, 0.2) is 12.5 Å². The molecule has 0 saturated carbocycles. The molecule has 2 nitrogen and oxygen atoms in total. The summed E-state index contributed by atoms with van der Waals surface area (Å²) in [6, 6.07) is 0. The standard InChI is InChI=1S/C2H5NO.Na.H/c1-2(3)4;;/h4H,1,3H2;;. The second-order valence-corrected chi connectivity index (χ2v) is 0.491. The van der Waals surface area contributed by atoms with Gasteiger partial charge in [0.25, 0.3) is 0 Å². The van der Waals surface area contributed by atoms with Crippen LogP contribution in [0.4, 0.5) is 0 Å². The minimum atomic E-state index is -0.333. The molecule has 0 aromatic carbocycles. The molecule has 0 amide bonds. The van der Waals surface area contributed by atoms with Gasteiger partial charge in [0, 0.05) is 0 Å². The summed E-state index contributed by atoms with van der Waals surface area (Å²) < 4.78 is 0. The van der Waals surface area contributed by atoms with Crippen LogP contribution in [0.2, 0.25) is 0 Å². The number of hydrogen-bond donors (Lipinski definition) is 2. The van der Waals surface area contributed by atoms with Crippen molar-refractivity contribution >= 4 is 29.6 Å². The van der Waals surface area contributed by atoms with Crippen molar-refractivity contribution in [1.82, 2.24) is 0 Å². The first-order valence-corrected chi connectivity index (χ1v) is 0.866. The van der Waals surface area contributed by atoms with Gasteiger partial charge in [0.2, 0.25) is 0 Å². The predicted octanol–water partition coefficient (Wildman–Crippen LogP) is -0.674. The SMILES string of the molecule is C=C(N)O.[NaH]. The third-order valence-corrected chi connectivity index (χ3v) is 0. The Bertz CT molecular complexity index is 32.6. The van der Waals surface area contributed by atoms with Gasteiger partial charge in [-0.2, -0.15) is 0 Å². The first kappa shape index (κ1) is 9.02. The monoisotopic (exact) mass is 83.0 g/mol. The normalized spacial score (nSPS) is 4.80. The zero-order valence-corrected chi connectivity index (χ0v) is 2.23. The Morgan fingerprint density at radius 1 is 1.80 bits per heavy atom. The molecule has 0 aliphatic rings. The molecular formula is C2H6NNaO. The number of nitrogens with two attached hydrogens (primary N) is 1. The summed E-state index contributed by atoms with van der Waals surface area (Å²) in [7, 11) is 0. The molecule has 0 fully saturated rings.